The van der Waals surface area contributed by atoms with Gasteiger partial charge < -0.3 is 10.8 Å². The zero-order valence-corrected chi connectivity index (χ0v) is 20.1. The number of carbonyl (C=O) groups is 1. The Bertz CT molecular complexity index is 1400. The van der Waals surface area contributed by atoms with E-state index >= 15 is 0 Å². The molecular formula is C25H22BrF2N5O2. The van der Waals surface area contributed by atoms with Crippen molar-refractivity contribution in [3.05, 3.63) is 64.8 Å². The third-order valence-electron chi connectivity index (χ3n) is 6.66. The Balaban J connectivity index is 1.49. The van der Waals surface area contributed by atoms with Gasteiger partial charge in [0.2, 0.25) is 0 Å². The summed E-state index contributed by atoms with van der Waals surface area (Å²) in [6.07, 6.45) is 3.36. The molecule has 180 valence electrons. The molecule has 0 bridgehead atoms. The van der Waals surface area contributed by atoms with E-state index in [-0.39, 0.29) is 11.6 Å². The maximum absolute atomic E-state index is 15.0. The lowest BCUT2D eigenvalue weighted by Gasteiger charge is -2.29. The van der Waals surface area contributed by atoms with Crippen molar-refractivity contribution in [2.24, 2.45) is 5.92 Å². The fourth-order valence-corrected chi connectivity index (χ4v) is 5.35. The Kier molecular flexibility index (Phi) is 6.22. The van der Waals surface area contributed by atoms with Crippen LogP contribution in [0.4, 0.5) is 14.6 Å². The van der Waals surface area contributed by atoms with E-state index in [1.165, 1.54) is 10.6 Å². The van der Waals surface area contributed by atoms with Crippen molar-refractivity contribution in [2.75, 3.05) is 5.73 Å². The van der Waals surface area contributed by atoms with E-state index in [1.807, 2.05) is 18.2 Å². The van der Waals surface area contributed by atoms with Gasteiger partial charge in [-0.15, -0.1) is 0 Å². The summed E-state index contributed by atoms with van der Waals surface area (Å²) in [6, 6.07) is 10.5. The number of carboxylic acids is 1. The molecule has 35 heavy (non-hydrogen) atoms. The third kappa shape index (κ3) is 4.27. The minimum absolute atomic E-state index is 0.0213. The molecule has 0 saturated heterocycles. The van der Waals surface area contributed by atoms with Crippen LogP contribution in [0.15, 0.2) is 53.3 Å². The number of halogens is 3. The number of anilines is 1. The SMILES string of the molecule is Nc1c(Br)c(C2CCC(C(F)C(=O)O)CC2)nc2c(-c3cnc(-c4ccccc4)c(F)c3)cnn12. The standard InChI is InChI=1S/C25H22BrF2N5O2/c26-19-22(15-8-6-13(7-9-15)20(28)25(34)35)32-24-17(12-31-33(24)23(19)29)16-10-18(27)21(30-11-16)14-4-2-1-3-5-14/h1-5,10-13,15,20H,6-9,29H2,(H,34,35). The van der Waals surface area contributed by atoms with E-state index in [4.69, 9.17) is 15.8 Å². The first kappa shape index (κ1) is 23.3. The Morgan fingerprint density at radius 1 is 1.14 bits per heavy atom. The lowest BCUT2D eigenvalue weighted by Crippen LogP contribution is -2.28. The molecule has 1 aromatic carbocycles. The number of nitrogens with two attached hydrogens (primary N) is 1. The molecule has 4 aromatic rings. The average molecular weight is 542 g/mol. The van der Waals surface area contributed by atoms with Gasteiger partial charge in [0.25, 0.3) is 0 Å². The molecule has 10 heteroatoms. The van der Waals surface area contributed by atoms with Crippen molar-refractivity contribution in [3.63, 3.8) is 0 Å². The van der Waals surface area contributed by atoms with Gasteiger partial charge >= 0.3 is 5.97 Å². The Hall–Kier alpha value is -3.40. The van der Waals surface area contributed by atoms with Gasteiger partial charge in [-0.3, -0.25) is 4.98 Å². The van der Waals surface area contributed by atoms with Gasteiger partial charge in [0, 0.05) is 34.7 Å². The van der Waals surface area contributed by atoms with Crippen LogP contribution in [0.3, 0.4) is 0 Å². The second-order valence-electron chi connectivity index (χ2n) is 8.76. The Morgan fingerprint density at radius 2 is 1.86 bits per heavy atom. The summed E-state index contributed by atoms with van der Waals surface area (Å²) < 4.78 is 31.0. The van der Waals surface area contributed by atoms with Crippen LogP contribution in [0.25, 0.3) is 28.0 Å². The number of nitrogens with zero attached hydrogens (tertiary/aromatic N) is 4. The lowest BCUT2D eigenvalue weighted by atomic mass is 9.78. The molecule has 3 aromatic heterocycles. The zero-order chi connectivity index (χ0) is 24.7. The summed E-state index contributed by atoms with van der Waals surface area (Å²) in [5.74, 6) is -2.06. The van der Waals surface area contributed by atoms with E-state index in [0.717, 1.165) is 0 Å². The van der Waals surface area contributed by atoms with Crippen LogP contribution in [0, 0.1) is 11.7 Å². The van der Waals surface area contributed by atoms with Gasteiger partial charge in [-0.2, -0.15) is 9.61 Å². The van der Waals surface area contributed by atoms with Gasteiger partial charge in [-0.1, -0.05) is 30.3 Å². The second kappa shape index (κ2) is 9.33. The molecule has 1 saturated carbocycles. The van der Waals surface area contributed by atoms with Crippen LogP contribution in [-0.2, 0) is 4.79 Å². The summed E-state index contributed by atoms with van der Waals surface area (Å²) in [4.78, 5) is 20.2. The molecular weight excluding hydrogens is 520 g/mol. The van der Waals surface area contributed by atoms with Crippen LogP contribution in [0.1, 0.15) is 37.3 Å². The van der Waals surface area contributed by atoms with Crippen molar-refractivity contribution in [2.45, 2.75) is 37.8 Å². The minimum Gasteiger partial charge on any atom is -0.479 e. The fourth-order valence-electron chi connectivity index (χ4n) is 4.77. The first-order valence-electron chi connectivity index (χ1n) is 11.3. The van der Waals surface area contributed by atoms with Gasteiger partial charge in [0.1, 0.15) is 17.3 Å². The maximum atomic E-state index is 15.0. The maximum Gasteiger partial charge on any atom is 0.338 e. The van der Waals surface area contributed by atoms with Crippen molar-refractivity contribution in [1.82, 2.24) is 19.6 Å². The summed E-state index contributed by atoms with van der Waals surface area (Å²) in [6.45, 7) is 0. The Labute approximate surface area is 208 Å². The number of aliphatic carboxylic acids is 1. The Morgan fingerprint density at radius 3 is 2.51 bits per heavy atom. The van der Waals surface area contributed by atoms with E-state index in [1.54, 1.807) is 24.5 Å². The topological polar surface area (TPSA) is 106 Å². The smallest absolute Gasteiger partial charge is 0.338 e. The van der Waals surface area contributed by atoms with E-state index in [0.29, 0.717) is 64.0 Å². The van der Waals surface area contributed by atoms with Crippen LogP contribution < -0.4 is 5.73 Å². The fraction of sp³-hybridized carbons (Fsp3) is 0.280. The summed E-state index contributed by atoms with van der Waals surface area (Å²) in [5, 5.41) is 13.3. The van der Waals surface area contributed by atoms with Crippen LogP contribution in [0.5, 0.6) is 0 Å². The predicted octanol–water partition coefficient (Wildman–Crippen LogP) is 5.64. The highest BCUT2D eigenvalue weighted by molar-refractivity contribution is 9.10. The second-order valence-corrected chi connectivity index (χ2v) is 9.56. The molecule has 0 radical (unpaired) electrons. The molecule has 5 rings (SSSR count). The molecule has 1 fully saturated rings. The number of nitrogen functional groups attached to an aromatic ring is 1. The number of alkyl halides is 1. The normalized spacial score (nSPS) is 19.1. The van der Waals surface area contributed by atoms with Crippen molar-refractivity contribution >= 4 is 33.4 Å². The number of hydrogen-bond acceptors (Lipinski definition) is 5. The number of hydrogen-bond donors (Lipinski definition) is 2. The minimum atomic E-state index is -1.86. The number of rotatable bonds is 5. The quantitative estimate of drug-likeness (QED) is 0.338. The zero-order valence-electron chi connectivity index (χ0n) is 18.5. The highest BCUT2D eigenvalue weighted by Gasteiger charge is 2.34. The van der Waals surface area contributed by atoms with E-state index < -0.39 is 23.9 Å². The average Bonchev–Trinajstić information content (AvgIpc) is 3.30. The van der Waals surface area contributed by atoms with Gasteiger partial charge in [0.15, 0.2) is 11.8 Å². The van der Waals surface area contributed by atoms with Crippen molar-refractivity contribution in [3.8, 4) is 22.4 Å². The molecule has 1 atom stereocenters. The summed E-state index contributed by atoms with van der Waals surface area (Å²) >= 11 is 3.53. The first-order chi connectivity index (χ1) is 16.8. The van der Waals surface area contributed by atoms with Crippen molar-refractivity contribution in [1.29, 1.82) is 0 Å². The largest absolute Gasteiger partial charge is 0.479 e. The number of aromatic nitrogens is 4. The molecule has 7 nitrogen and oxygen atoms in total. The van der Waals surface area contributed by atoms with Crippen LogP contribution in [0.2, 0.25) is 0 Å². The van der Waals surface area contributed by atoms with Gasteiger partial charge in [-0.25, -0.2) is 18.6 Å². The third-order valence-corrected chi connectivity index (χ3v) is 7.47. The summed E-state index contributed by atoms with van der Waals surface area (Å²) in [5.41, 5.74) is 9.55. The number of pyridine rings is 1. The monoisotopic (exact) mass is 541 g/mol. The highest BCUT2D eigenvalue weighted by Crippen LogP contribution is 2.42. The van der Waals surface area contributed by atoms with Crippen molar-refractivity contribution < 1.29 is 18.7 Å². The highest BCUT2D eigenvalue weighted by atomic mass is 79.9. The van der Waals surface area contributed by atoms with E-state index in [9.17, 15) is 13.6 Å². The number of benzene rings is 1. The molecule has 3 heterocycles. The van der Waals surface area contributed by atoms with Gasteiger partial charge in [-0.05, 0) is 47.7 Å². The first-order valence-corrected chi connectivity index (χ1v) is 12.0. The lowest BCUT2D eigenvalue weighted by molar-refractivity contribution is -0.145. The molecule has 0 amide bonds. The molecule has 0 aliphatic heterocycles. The van der Waals surface area contributed by atoms with E-state index in [2.05, 4.69) is 26.0 Å². The predicted molar refractivity (Wildman–Crippen MR) is 131 cm³/mol. The van der Waals surface area contributed by atoms with Gasteiger partial charge in [0.05, 0.1) is 16.4 Å². The molecule has 3 N–H and O–H groups in total. The molecule has 1 aliphatic carbocycles. The molecule has 1 aliphatic rings. The van der Waals surface area contributed by atoms with Crippen LogP contribution in [-0.4, -0.2) is 36.8 Å². The number of fused-ring (bicyclic) bond motifs is 1. The number of carboxylic acid groups (broad SMARTS) is 1. The molecule has 1 unspecified atom stereocenters. The van der Waals surface area contributed by atoms with Crippen LogP contribution >= 0.6 is 15.9 Å². The summed E-state index contributed by atoms with van der Waals surface area (Å²) in [7, 11) is 0. The molecule has 0 spiro atoms.